The van der Waals surface area contributed by atoms with Crippen LogP contribution in [0, 0.1) is 0 Å². The Balaban J connectivity index is 2.34. The Labute approximate surface area is 121 Å². The molecule has 2 aromatic rings. The van der Waals surface area contributed by atoms with Gasteiger partial charge in [0.05, 0.1) is 5.56 Å². The van der Waals surface area contributed by atoms with Crippen molar-refractivity contribution >= 4 is 27.4 Å². The SMILES string of the molecule is Nc1cc(Br)cc(C(=O)c2ccc(C(F)(F)F)cc2)c1. The van der Waals surface area contributed by atoms with E-state index in [4.69, 9.17) is 5.73 Å². The number of carbonyl (C=O) groups excluding carboxylic acids is 1. The van der Waals surface area contributed by atoms with Crippen LogP contribution >= 0.6 is 15.9 Å². The maximum absolute atomic E-state index is 12.4. The van der Waals surface area contributed by atoms with Crippen LogP contribution in [0.15, 0.2) is 46.9 Å². The third-order valence-corrected chi connectivity index (χ3v) is 3.11. The number of nitrogen functional groups attached to an aromatic ring is 1. The lowest BCUT2D eigenvalue weighted by molar-refractivity contribution is -0.137. The Morgan fingerprint density at radius 2 is 1.60 bits per heavy atom. The first-order chi connectivity index (χ1) is 9.27. The van der Waals surface area contributed by atoms with E-state index < -0.39 is 11.7 Å². The molecule has 2 rings (SSSR count). The molecule has 20 heavy (non-hydrogen) atoms. The van der Waals surface area contributed by atoms with Gasteiger partial charge in [0.25, 0.3) is 0 Å². The third-order valence-electron chi connectivity index (χ3n) is 2.66. The summed E-state index contributed by atoms with van der Waals surface area (Å²) in [6, 6.07) is 8.75. The summed E-state index contributed by atoms with van der Waals surface area (Å²) in [7, 11) is 0. The molecule has 0 unspecified atom stereocenters. The van der Waals surface area contributed by atoms with Crippen LogP contribution in [0.25, 0.3) is 0 Å². The van der Waals surface area contributed by atoms with E-state index in [1.54, 1.807) is 12.1 Å². The molecule has 104 valence electrons. The van der Waals surface area contributed by atoms with Crippen molar-refractivity contribution in [3.05, 3.63) is 63.6 Å². The van der Waals surface area contributed by atoms with Crippen molar-refractivity contribution in [1.29, 1.82) is 0 Å². The van der Waals surface area contributed by atoms with E-state index in [-0.39, 0.29) is 11.3 Å². The van der Waals surface area contributed by atoms with E-state index in [1.165, 1.54) is 6.07 Å². The van der Waals surface area contributed by atoms with Crippen LogP contribution in [-0.4, -0.2) is 5.78 Å². The van der Waals surface area contributed by atoms with Gasteiger partial charge in [-0.05, 0) is 30.3 Å². The molecule has 0 aromatic heterocycles. The van der Waals surface area contributed by atoms with E-state index in [9.17, 15) is 18.0 Å². The highest BCUT2D eigenvalue weighted by molar-refractivity contribution is 9.10. The predicted octanol–water partition coefficient (Wildman–Crippen LogP) is 4.28. The number of hydrogen-bond acceptors (Lipinski definition) is 2. The van der Waals surface area contributed by atoms with Gasteiger partial charge < -0.3 is 5.73 Å². The average Bonchev–Trinajstić information content (AvgIpc) is 2.36. The summed E-state index contributed by atoms with van der Waals surface area (Å²) < 4.78 is 38.0. The molecule has 0 fully saturated rings. The number of halogens is 4. The second-order valence-corrected chi connectivity index (χ2v) is 5.09. The van der Waals surface area contributed by atoms with E-state index in [0.717, 1.165) is 24.3 Å². The van der Waals surface area contributed by atoms with Gasteiger partial charge in [0.15, 0.2) is 5.78 Å². The fourth-order valence-corrected chi connectivity index (χ4v) is 2.23. The molecule has 0 saturated carbocycles. The number of anilines is 1. The number of carbonyl (C=O) groups is 1. The van der Waals surface area contributed by atoms with E-state index >= 15 is 0 Å². The normalized spacial score (nSPS) is 11.4. The Morgan fingerprint density at radius 1 is 1.00 bits per heavy atom. The van der Waals surface area contributed by atoms with Gasteiger partial charge in [-0.3, -0.25) is 4.79 Å². The Morgan fingerprint density at radius 3 is 2.10 bits per heavy atom. The van der Waals surface area contributed by atoms with E-state index in [1.807, 2.05) is 0 Å². The van der Waals surface area contributed by atoms with Gasteiger partial charge >= 0.3 is 6.18 Å². The first-order valence-corrected chi connectivity index (χ1v) is 6.35. The molecule has 0 spiro atoms. The number of benzene rings is 2. The molecule has 2 N–H and O–H groups in total. The van der Waals surface area contributed by atoms with Crippen LogP contribution in [0.2, 0.25) is 0 Å². The Kier molecular flexibility index (Phi) is 3.85. The average molecular weight is 344 g/mol. The van der Waals surface area contributed by atoms with Crippen molar-refractivity contribution in [1.82, 2.24) is 0 Å². The van der Waals surface area contributed by atoms with Crippen LogP contribution in [-0.2, 0) is 6.18 Å². The zero-order chi connectivity index (χ0) is 14.9. The van der Waals surface area contributed by atoms with Gasteiger partial charge in [-0.1, -0.05) is 28.1 Å². The molecule has 0 atom stereocenters. The first-order valence-electron chi connectivity index (χ1n) is 5.55. The van der Waals surface area contributed by atoms with Gasteiger partial charge in [-0.2, -0.15) is 13.2 Å². The summed E-state index contributed by atoms with van der Waals surface area (Å²) in [5, 5.41) is 0. The van der Waals surface area contributed by atoms with Crippen molar-refractivity contribution in [2.24, 2.45) is 0 Å². The Bertz CT molecular complexity index is 630. The summed E-state index contributed by atoms with van der Waals surface area (Å²) in [5.74, 6) is -0.383. The molecule has 2 aromatic carbocycles. The summed E-state index contributed by atoms with van der Waals surface area (Å²) in [6.07, 6.45) is -4.41. The van der Waals surface area contributed by atoms with Gasteiger partial charge in [0.1, 0.15) is 0 Å². The number of alkyl halides is 3. The summed E-state index contributed by atoms with van der Waals surface area (Å²) >= 11 is 3.21. The van der Waals surface area contributed by atoms with Gasteiger partial charge in [-0.25, -0.2) is 0 Å². The molecule has 0 bridgehead atoms. The molecule has 0 radical (unpaired) electrons. The molecule has 0 aliphatic heterocycles. The van der Waals surface area contributed by atoms with Gasteiger partial charge in [0, 0.05) is 21.3 Å². The Hall–Kier alpha value is -1.82. The lowest BCUT2D eigenvalue weighted by Crippen LogP contribution is -2.07. The summed E-state index contributed by atoms with van der Waals surface area (Å²) in [5.41, 5.74) is 5.73. The smallest absolute Gasteiger partial charge is 0.399 e. The van der Waals surface area contributed by atoms with Crippen LogP contribution in [0.1, 0.15) is 21.5 Å². The van der Waals surface area contributed by atoms with Crippen molar-refractivity contribution in [3.8, 4) is 0 Å². The summed E-state index contributed by atoms with van der Waals surface area (Å²) in [6.45, 7) is 0. The molecule has 0 amide bonds. The second-order valence-electron chi connectivity index (χ2n) is 4.18. The molecule has 0 aliphatic carbocycles. The highest BCUT2D eigenvalue weighted by atomic mass is 79.9. The maximum Gasteiger partial charge on any atom is 0.416 e. The van der Waals surface area contributed by atoms with Crippen LogP contribution in [0.4, 0.5) is 18.9 Å². The monoisotopic (exact) mass is 343 g/mol. The molecule has 0 heterocycles. The maximum atomic E-state index is 12.4. The quantitative estimate of drug-likeness (QED) is 0.653. The minimum Gasteiger partial charge on any atom is -0.399 e. The van der Waals surface area contributed by atoms with E-state index in [2.05, 4.69) is 15.9 Å². The highest BCUT2D eigenvalue weighted by Gasteiger charge is 2.30. The molecule has 6 heteroatoms. The lowest BCUT2D eigenvalue weighted by atomic mass is 10.0. The number of nitrogens with two attached hydrogens (primary N) is 1. The fourth-order valence-electron chi connectivity index (χ4n) is 1.72. The zero-order valence-corrected chi connectivity index (χ0v) is 11.6. The van der Waals surface area contributed by atoms with Crippen molar-refractivity contribution in [2.45, 2.75) is 6.18 Å². The molecule has 2 nitrogen and oxygen atoms in total. The molecule has 0 saturated heterocycles. The minimum atomic E-state index is -4.41. The number of ketones is 1. The van der Waals surface area contributed by atoms with Crippen LogP contribution in [0.5, 0.6) is 0 Å². The third kappa shape index (κ3) is 3.19. The van der Waals surface area contributed by atoms with Crippen LogP contribution < -0.4 is 5.73 Å². The fraction of sp³-hybridized carbons (Fsp3) is 0.0714. The molecule has 0 aliphatic rings. The second kappa shape index (κ2) is 5.28. The van der Waals surface area contributed by atoms with Crippen LogP contribution in [0.3, 0.4) is 0 Å². The highest BCUT2D eigenvalue weighted by Crippen LogP contribution is 2.29. The van der Waals surface area contributed by atoms with Gasteiger partial charge in [0.2, 0.25) is 0 Å². The van der Waals surface area contributed by atoms with E-state index in [0.29, 0.717) is 15.7 Å². The zero-order valence-electron chi connectivity index (χ0n) is 10.0. The minimum absolute atomic E-state index is 0.176. The summed E-state index contributed by atoms with van der Waals surface area (Å²) in [4.78, 5) is 12.2. The first kappa shape index (κ1) is 14.6. The largest absolute Gasteiger partial charge is 0.416 e. The standard InChI is InChI=1S/C14H9BrF3NO/c15-11-5-9(6-12(19)7-11)13(20)8-1-3-10(4-2-8)14(16,17)18/h1-7H,19H2. The molecular weight excluding hydrogens is 335 g/mol. The van der Waals surface area contributed by atoms with Gasteiger partial charge in [-0.15, -0.1) is 0 Å². The molecular formula is C14H9BrF3NO. The van der Waals surface area contributed by atoms with Crippen molar-refractivity contribution in [3.63, 3.8) is 0 Å². The lowest BCUT2D eigenvalue weighted by Gasteiger charge is -2.08. The predicted molar refractivity (Wildman–Crippen MR) is 73.4 cm³/mol. The number of rotatable bonds is 2. The van der Waals surface area contributed by atoms with Crippen molar-refractivity contribution in [2.75, 3.05) is 5.73 Å². The number of hydrogen-bond donors (Lipinski definition) is 1. The topological polar surface area (TPSA) is 43.1 Å². The van der Waals surface area contributed by atoms with Crippen molar-refractivity contribution < 1.29 is 18.0 Å².